The lowest BCUT2D eigenvalue weighted by atomic mass is 10.0. The van der Waals surface area contributed by atoms with Crippen molar-refractivity contribution in [3.63, 3.8) is 0 Å². The zero-order chi connectivity index (χ0) is 23.7. The summed E-state index contributed by atoms with van der Waals surface area (Å²) in [5.74, 6) is -0.664. The van der Waals surface area contributed by atoms with Gasteiger partial charge in [0.05, 0.1) is 12.2 Å². The van der Waals surface area contributed by atoms with E-state index in [9.17, 15) is 15.0 Å². The number of aliphatic hydroxyl groups excluding tert-OH is 2. The third-order valence-electron chi connectivity index (χ3n) is 6.65. The molecule has 2 unspecified atom stereocenters. The molecule has 32 heavy (non-hydrogen) atoms. The highest BCUT2D eigenvalue weighted by Gasteiger charge is 2.09. The molecule has 0 saturated carbocycles. The molecule has 0 aliphatic rings. The smallest absolute Gasteiger partial charge is 0.303 e. The maximum atomic E-state index is 10.4. The second-order valence-electron chi connectivity index (χ2n) is 9.97. The molecule has 3 N–H and O–H groups in total. The molecule has 4 heteroatoms. The van der Waals surface area contributed by atoms with Crippen LogP contribution in [-0.4, -0.2) is 33.5 Å². The number of carbonyl (C=O) groups is 1. The summed E-state index contributed by atoms with van der Waals surface area (Å²) in [6.45, 7) is 2.14. The first-order chi connectivity index (χ1) is 15.6. The van der Waals surface area contributed by atoms with Crippen LogP contribution >= 0.6 is 0 Å². The molecule has 0 radical (unpaired) electrons. The predicted octanol–water partition coefficient (Wildman–Crippen LogP) is 8.18. The van der Waals surface area contributed by atoms with E-state index in [1.54, 1.807) is 0 Å². The van der Waals surface area contributed by atoms with Crippen LogP contribution in [0.15, 0.2) is 0 Å². The summed E-state index contributed by atoms with van der Waals surface area (Å²) >= 11 is 0. The van der Waals surface area contributed by atoms with Gasteiger partial charge >= 0.3 is 5.97 Å². The molecule has 2 atom stereocenters. The van der Waals surface area contributed by atoms with Crippen LogP contribution in [0.5, 0.6) is 0 Å². The van der Waals surface area contributed by atoms with Crippen LogP contribution in [0.1, 0.15) is 161 Å². The summed E-state index contributed by atoms with van der Waals surface area (Å²) in [4.78, 5) is 10.4. The molecule has 0 aromatic rings. The fourth-order valence-corrected chi connectivity index (χ4v) is 4.42. The van der Waals surface area contributed by atoms with Crippen molar-refractivity contribution in [3.05, 3.63) is 0 Å². The van der Waals surface area contributed by atoms with E-state index in [0.717, 1.165) is 57.8 Å². The minimum absolute atomic E-state index is 0.224. The Labute approximate surface area is 199 Å². The van der Waals surface area contributed by atoms with Gasteiger partial charge in [-0.25, -0.2) is 0 Å². The summed E-state index contributed by atoms with van der Waals surface area (Å²) in [6, 6.07) is 0. The number of aliphatic hydroxyl groups is 2. The van der Waals surface area contributed by atoms with E-state index in [1.165, 1.54) is 89.9 Å². The first-order valence-corrected chi connectivity index (χ1v) is 14.1. The van der Waals surface area contributed by atoms with Crippen LogP contribution in [-0.2, 0) is 4.79 Å². The molecule has 0 aromatic heterocycles. The van der Waals surface area contributed by atoms with Crippen molar-refractivity contribution in [2.45, 2.75) is 173 Å². The maximum Gasteiger partial charge on any atom is 0.303 e. The first-order valence-electron chi connectivity index (χ1n) is 14.1. The van der Waals surface area contributed by atoms with Crippen molar-refractivity contribution in [1.82, 2.24) is 0 Å². The molecule has 0 aromatic carbocycles. The van der Waals surface area contributed by atoms with E-state index in [0.29, 0.717) is 6.42 Å². The minimum atomic E-state index is -0.664. The average Bonchev–Trinajstić information content (AvgIpc) is 2.77. The Morgan fingerprint density at radius 2 is 0.812 bits per heavy atom. The number of rotatable bonds is 26. The van der Waals surface area contributed by atoms with Crippen LogP contribution in [0.4, 0.5) is 0 Å². The molecular formula is C28H56O4. The predicted molar refractivity (Wildman–Crippen MR) is 136 cm³/mol. The molecule has 0 heterocycles. The minimum Gasteiger partial charge on any atom is -0.481 e. The van der Waals surface area contributed by atoms with Gasteiger partial charge in [-0.3, -0.25) is 4.79 Å². The lowest BCUT2D eigenvalue weighted by molar-refractivity contribution is -0.137. The quantitative estimate of drug-likeness (QED) is 0.115. The molecule has 0 aliphatic carbocycles. The lowest BCUT2D eigenvalue weighted by Crippen LogP contribution is -2.13. The van der Waals surface area contributed by atoms with Crippen molar-refractivity contribution in [2.24, 2.45) is 0 Å². The summed E-state index contributed by atoms with van der Waals surface area (Å²) in [7, 11) is 0. The van der Waals surface area contributed by atoms with Crippen LogP contribution in [0, 0.1) is 0 Å². The highest BCUT2D eigenvalue weighted by Crippen LogP contribution is 2.16. The number of hydrogen-bond acceptors (Lipinski definition) is 3. The molecule has 0 amide bonds. The van der Waals surface area contributed by atoms with Crippen LogP contribution in [0.2, 0.25) is 0 Å². The van der Waals surface area contributed by atoms with Crippen molar-refractivity contribution in [2.75, 3.05) is 0 Å². The molecule has 4 nitrogen and oxygen atoms in total. The zero-order valence-electron chi connectivity index (χ0n) is 21.4. The molecule has 0 rings (SSSR count). The van der Waals surface area contributed by atoms with E-state index in [-0.39, 0.29) is 12.2 Å². The van der Waals surface area contributed by atoms with Crippen molar-refractivity contribution >= 4 is 5.97 Å². The highest BCUT2D eigenvalue weighted by atomic mass is 16.4. The molecule has 0 spiro atoms. The Morgan fingerprint density at radius 1 is 0.500 bits per heavy atom. The second kappa shape index (κ2) is 25.0. The van der Waals surface area contributed by atoms with Gasteiger partial charge in [0.2, 0.25) is 0 Å². The van der Waals surface area contributed by atoms with Gasteiger partial charge in [0, 0.05) is 6.42 Å². The molecule has 192 valence electrons. The number of unbranched alkanes of at least 4 members (excludes halogenated alkanes) is 17. The van der Waals surface area contributed by atoms with Crippen molar-refractivity contribution < 1.29 is 20.1 Å². The van der Waals surface area contributed by atoms with Crippen LogP contribution in [0.25, 0.3) is 0 Å². The van der Waals surface area contributed by atoms with Crippen LogP contribution < -0.4 is 0 Å². The third kappa shape index (κ3) is 25.6. The Balaban J connectivity index is 3.16. The Morgan fingerprint density at radius 3 is 1.16 bits per heavy atom. The average molecular weight is 457 g/mol. The first kappa shape index (κ1) is 31.4. The van der Waals surface area contributed by atoms with Gasteiger partial charge in [0.15, 0.2) is 0 Å². The van der Waals surface area contributed by atoms with Gasteiger partial charge in [0.1, 0.15) is 0 Å². The molecule has 0 fully saturated rings. The molecule has 0 bridgehead atoms. The number of carboxylic acid groups (broad SMARTS) is 1. The lowest BCUT2D eigenvalue weighted by Gasteiger charge is -2.14. The van der Waals surface area contributed by atoms with Crippen LogP contribution in [0.3, 0.4) is 0 Å². The van der Waals surface area contributed by atoms with Crippen molar-refractivity contribution in [3.8, 4) is 0 Å². The van der Waals surface area contributed by atoms with Gasteiger partial charge in [-0.1, -0.05) is 122 Å². The summed E-state index contributed by atoms with van der Waals surface area (Å²) in [5.41, 5.74) is 0. The second-order valence-corrected chi connectivity index (χ2v) is 9.97. The van der Waals surface area contributed by atoms with Gasteiger partial charge in [0.25, 0.3) is 0 Å². The number of hydrogen-bond donors (Lipinski definition) is 3. The molecular weight excluding hydrogens is 400 g/mol. The monoisotopic (exact) mass is 456 g/mol. The van der Waals surface area contributed by atoms with E-state index >= 15 is 0 Å². The summed E-state index contributed by atoms with van der Waals surface area (Å²) < 4.78 is 0. The third-order valence-corrected chi connectivity index (χ3v) is 6.65. The topological polar surface area (TPSA) is 77.8 Å². The van der Waals surface area contributed by atoms with Gasteiger partial charge in [-0.05, 0) is 32.1 Å². The largest absolute Gasteiger partial charge is 0.481 e. The fourth-order valence-electron chi connectivity index (χ4n) is 4.42. The van der Waals surface area contributed by atoms with Crippen molar-refractivity contribution in [1.29, 1.82) is 0 Å². The zero-order valence-corrected chi connectivity index (χ0v) is 21.4. The summed E-state index contributed by atoms with van der Waals surface area (Å²) in [6.07, 6.45) is 26.9. The Kier molecular flexibility index (Phi) is 24.5. The van der Waals surface area contributed by atoms with Gasteiger partial charge < -0.3 is 15.3 Å². The van der Waals surface area contributed by atoms with E-state index in [4.69, 9.17) is 5.11 Å². The number of aliphatic carboxylic acids is 1. The molecule has 0 saturated heterocycles. The summed E-state index contributed by atoms with van der Waals surface area (Å²) in [5, 5.41) is 28.5. The number of carboxylic acids is 1. The fraction of sp³-hybridized carbons (Fsp3) is 0.964. The Hall–Kier alpha value is -0.610. The maximum absolute atomic E-state index is 10.4. The normalized spacial score (nSPS) is 13.3. The van der Waals surface area contributed by atoms with Gasteiger partial charge in [-0.15, -0.1) is 0 Å². The SMILES string of the molecule is CCCCC(O)CCC(O)CCCCCCCCCCCCCCCCCCCC(=O)O. The molecule has 0 aliphatic heterocycles. The Bertz CT molecular complexity index is 386. The van der Waals surface area contributed by atoms with E-state index in [2.05, 4.69) is 6.92 Å². The van der Waals surface area contributed by atoms with E-state index < -0.39 is 5.97 Å². The van der Waals surface area contributed by atoms with Gasteiger partial charge in [-0.2, -0.15) is 0 Å². The highest BCUT2D eigenvalue weighted by molar-refractivity contribution is 5.66. The standard InChI is InChI=1S/C28H56O4/c1-2-3-21-26(29)24-25-27(30)22-19-17-15-13-11-9-7-5-4-6-8-10-12-14-16-18-20-23-28(31)32/h26-27,29-30H,2-25H2,1H3,(H,31,32). The van der Waals surface area contributed by atoms with E-state index in [1.807, 2.05) is 0 Å².